The minimum atomic E-state index is -0.767. The summed E-state index contributed by atoms with van der Waals surface area (Å²) in [4.78, 5) is 23.4. The Balaban J connectivity index is 1.84. The highest BCUT2D eigenvalue weighted by atomic mass is 127. The molecular formula is C25H19ClIN3O5. The third-order valence-corrected chi connectivity index (χ3v) is 5.88. The van der Waals surface area contributed by atoms with Gasteiger partial charge < -0.3 is 14.8 Å². The number of carbonyl (C=O) groups excluding carboxylic acids is 1. The lowest BCUT2D eigenvalue weighted by Crippen LogP contribution is -2.14. The molecule has 0 aliphatic heterocycles. The fourth-order valence-corrected chi connectivity index (χ4v) is 4.01. The number of hydrogen-bond donors (Lipinski definition) is 1. The molecule has 0 radical (unpaired) electrons. The number of ether oxygens (including phenoxy) is 2. The van der Waals surface area contributed by atoms with E-state index in [1.54, 1.807) is 37.3 Å². The van der Waals surface area contributed by atoms with E-state index in [1.807, 2.05) is 18.2 Å². The zero-order valence-corrected chi connectivity index (χ0v) is 21.6. The van der Waals surface area contributed by atoms with Crippen molar-refractivity contribution in [3.8, 4) is 17.6 Å². The predicted octanol–water partition coefficient (Wildman–Crippen LogP) is 6.29. The van der Waals surface area contributed by atoms with Gasteiger partial charge in [0.05, 0.1) is 15.6 Å². The first-order chi connectivity index (χ1) is 16.7. The lowest BCUT2D eigenvalue weighted by Gasteiger charge is -2.14. The Morgan fingerprint density at radius 2 is 1.94 bits per heavy atom. The van der Waals surface area contributed by atoms with Gasteiger partial charge in [0, 0.05) is 11.1 Å². The first-order valence-corrected chi connectivity index (χ1v) is 11.6. The number of amides is 1. The third-order valence-electron chi connectivity index (χ3n) is 4.82. The number of nitrogens with zero attached hydrogens (tertiary/aromatic N) is 2. The number of methoxy groups -OCH3 is 1. The highest BCUT2D eigenvalue weighted by molar-refractivity contribution is 14.1. The maximum atomic E-state index is 12.7. The second-order valence-corrected chi connectivity index (χ2v) is 8.95. The maximum Gasteiger partial charge on any atom is 0.293 e. The van der Waals surface area contributed by atoms with E-state index >= 15 is 0 Å². The van der Waals surface area contributed by atoms with Gasteiger partial charge >= 0.3 is 0 Å². The molecule has 0 bridgehead atoms. The number of halogens is 2. The lowest BCUT2D eigenvalue weighted by atomic mass is 10.1. The van der Waals surface area contributed by atoms with E-state index in [1.165, 1.54) is 25.3 Å². The zero-order valence-electron chi connectivity index (χ0n) is 18.7. The predicted molar refractivity (Wildman–Crippen MR) is 142 cm³/mol. The fourth-order valence-electron chi connectivity index (χ4n) is 3.10. The minimum Gasteiger partial charge on any atom is -0.493 e. The van der Waals surface area contributed by atoms with Crippen LogP contribution in [-0.2, 0) is 11.4 Å². The van der Waals surface area contributed by atoms with Crippen molar-refractivity contribution in [1.29, 1.82) is 5.26 Å². The summed E-state index contributed by atoms with van der Waals surface area (Å²) in [7, 11) is 1.49. The van der Waals surface area contributed by atoms with Crippen molar-refractivity contribution in [1.82, 2.24) is 0 Å². The molecule has 0 aromatic heterocycles. The number of nitriles is 1. The number of anilines is 1. The Hall–Kier alpha value is -3.62. The Labute approximate surface area is 220 Å². The van der Waals surface area contributed by atoms with Crippen LogP contribution in [0.1, 0.15) is 16.7 Å². The van der Waals surface area contributed by atoms with E-state index in [-0.39, 0.29) is 16.9 Å². The molecule has 0 atom stereocenters. The van der Waals surface area contributed by atoms with Gasteiger partial charge in [0.15, 0.2) is 11.5 Å². The normalized spacial score (nSPS) is 10.9. The van der Waals surface area contributed by atoms with Gasteiger partial charge in [0.1, 0.15) is 23.9 Å². The molecule has 0 fully saturated rings. The van der Waals surface area contributed by atoms with Crippen molar-refractivity contribution in [3.05, 3.63) is 95.6 Å². The largest absolute Gasteiger partial charge is 0.493 e. The van der Waals surface area contributed by atoms with E-state index in [2.05, 4.69) is 27.9 Å². The summed E-state index contributed by atoms with van der Waals surface area (Å²) in [5.41, 5.74) is 1.64. The monoisotopic (exact) mass is 603 g/mol. The second-order valence-electron chi connectivity index (χ2n) is 7.35. The summed E-state index contributed by atoms with van der Waals surface area (Å²) in [6, 6.07) is 16.9. The van der Waals surface area contributed by atoms with Crippen LogP contribution < -0.4 is 14.8 Å². The number of rotatable bonds is 8. The molecule has 3 aromatic rings. The van der Waals surface area contributed by atoms with Crippen molar-refractivity contribution in [2.45, 2.75) is 13.5 Å². The molecule has 8 nitrogen and oxygen atoms in total. The molecular weight excluding hydrogens is 585 g/mol. The summed E-state index contributed by atoms with van der Waals surface area (Å²) in [5, 5.41) is 24.0. The molecule has 0 heterocycles. The van der Waals surface area contributed by atoms with Crippen molar-refractivity contribution >= 4 is 57.5 Å². The lowest BCUT2D eigenvalue weighted by molar-refractivity contribution is -0.384. The van der Waals surface area contributed by atoms with Crippen molar-refractivity contribution in [2.24, 2.45) is 0 Å². The maximum absolute atomic E-state index is 12.7. The summed E-state index contributed by atoms with van der Waals surface area (Å²) in [6.07, 6.45) is 1.38. The van der Waals surface area contributed by atoms with Crippen LogP contribution in [0.15, 0.2) is 60.2 Å². The number of benzene rings is 3. The van der Waals surface area contributed by atoms with Crippen LogP contribution in [0.4, 0.5) is 11.4 Å². The quantitative estimate of drug-likeness (QED) is 0.106. The summed E-state index contributed by atoms with van der Waals surface area (Å²) >= 11 is 8.00. The van der Waals surface area contributed by atoms with E-state index in [0.717, 1.165) is 5.56 Å². The van der Waals surface area contributed by atoms with E-state index in [9.17, 15) is 20.2 Å². The number of nitro benzene ring substituents is 1. The minimum absolute atomic E-state index is 0.00450. The van der Waals surface area contributed by atoms with Gasteiger partial charge in [-0.25, -0.2) is 0 Å². The van der Waals surface area contributed by atoms with Crippen LogP contribution in [0.3, 0.4) is 0 Å². The molecule has 3 rings (SSSR count). The Morgan fingerprint density at radius 3 is 2.57 bits per heavy atom. The average Bonchev–Trinajstić information content (AvgIpc) is 2.83. The van der Waals surface area contributed by atoms with E-state index in [4.69, 9.17) is 21.1 Å². The van der Waals surface area contributed by atoms with Crippen LogP contribution >= 0.6 is 34.2 Å². The zero-order chi connectivity index (χ0) is 25.5. The standard InChI is InChI=1S/C25H19ClIN3O5/c1-15-3-8-21(22(9-15)30(32)33)29-25(31)18(13-28)10-17-11-20(27)24(23(12-17)34-2)35-14-16-4-6-19(26)7-5-16/h3-12H,14H2,1-2H3,(H,29,31)/b18-10+. The Kier molecular flexibility index (Phi) is 8.68. The Bertz CT molecular complexity index is 1350. The topological polar surface area (TPSA) is 114 Å². The highest BCUT2D eigenvalue weighted by Gasteiger charge is 2.19. The van der Waals surface area contributed by atoms with Crippen LogP contribution in [0.5, 0.6) is 11.5 Å². The molecule has 0 saturated heterocycles. The van der Waals surface area contributed by atoms with Crippen molar-refractivity contribution < 1.29 is 19.2 Å². The van der Waals surface area contributed by atoms with Crippen LogP contribution in [0, 0.1) is 31.9 Å². The fraction of sp³-hybridized carbons (Fsp3) is 0.120. The van der Waals surface area contributed by atoms with Crippen LogP contribution in [-0.4, -0.2) is 17.9 Å². The van der Waals surface area contributed by atoms with E-state index < -0.39 is 10.8 Å². The number of nitrogens with one attached hydrogen (secondary N) is 1. The Morgan fingerprint density at radius 1 is 1.23 bits per heavy atom. The highest BCUT2D eigenvalue weighted by Crippen LogP contribution is 2.35. The number of aryl methyl sites for hydroxylation is 1. The number of hydrogen-bond acceptors (Lipinski definition) is 6. The van der Waals surface area contributed by atoms with Crippen LogP contribution in [0.25, 0.3) is 6.08 Å². The SMILES string of the molecule is COc1cc(/C=C(\C#N)C(=O)Nc2ccc(C)cc2[N+](=O)[O-])cc(I)c1OCc1ccc(Cl)cc1. The van der Waals surface area contributed by atoms with Crippen molar-refractivity contribution in [3.63, 3.8) is 0 Å². The van der Waals surface area contributed by atoms with Gasteiger partial charge in [0.25, 0.3) is 11.6 Å². The summed E-state index contributed by atoms with van der Waals surface area (Å²) in [5.74, 6) is 0.166. The summed E-state index contributed by atoms with van der Waals surface area (Å²) < 4.78 is 12.1. The smallest absolute Gasteiger partial charge is 0.293 e. The third kappa shape index (κ3) is 6.71. The second kappa shape index (κ2) is 11.7. The van der Waals surface area contributed by atoms with Gasteiger partial charge in [-0.15, -0.1) is 0 Å². The van der Waals surface area contributed by atoms with Gasteiger partial charge in [-0.1, -0.05) is 29.8 Å². The van der Waals surface area contributed by atoms with Crippen LogP contribution in [0.2, 0.25) is 5.02 Å². The molecule has 1 amide bonds. The molecule has 1 N–H and O–H groups in total. The molecule has 0 aliphatic rings. The molecule has 10 heteroatoms. The molecule has 0 aliphatic carbocycles. The molecule has 3 aromatic carbocycles. The van der Waals surface area contributed by atoms with Crippen molar-refractivity contribution in [2.75, 3.05) is 12.4 Å². The van der Waals surface area contributed by atoms with Gasteiger partial charge in [-0.3, -0.25) is 14.9 Å². The molecule has 0 spiro atoms. The molecule has 0 unspecified atom stereocenters. The number of nitro groups is 1. The summed E-state index contributed by atoms with van der Waals surface area (Å²) in [6.45, 7) is 2.00. The van der Waals surface area contributed by atoms with Gasteiger partial charge in [-0.05, 0) is 82.6 Å². The number of carbonyl (C=O) groups is 1. The molecule has 0 saturated carbocycles. The first kappa shape index (κ1) is 26.0. The molecule has 35 heavy (non-hydrogen) atoms. The van der Waals surface area contributed by atoms with Gasteiger partial charge in [-0.2, -0.15) is 5.26 Å². The van der Waals surface area contributed by atoms with E-state index in [0.29, 0.717) is 37.8 Å². The average molecular weight is 604 g/mol. The molecule has 178 valence electrons. The van der Waals surface area contributed by atoms with Gasteiger partial charge in [0.2, 0.25) is 0 Å². The first-order valence-electron chi connectivity index (χ1n) is 10.1.